The van der Waals surface area contributed by atoms with Gasteiger partial charge < -0.3 is 4.57 Å². The molecule has 80 valence electrons. The van der Waals surface area contributed by atoms with Crippen LogP contribution in [0.2, 0.25) is 0 Å². The first-order valence-electron chi connectivity index (χ1n) is 5.36. The zero-order chi connectivity index (χ0) is 10.4. The Balaban J connectivity index is 2.25. The fourth-order valence-corrected chi connectivity index (χ4v) is 1.64. The minimum Gasteiger partial charge on any atom is -0.307 e. The van der Waals surface area contributed by atoms with E-state index in [0.29, 0.717) is 4.77 Å². The highest BCUT2D eigenvalue weighted by Crippen LogP contribution is 2.06. The van der Waals surface area contributed by atoms with Crippen molar-refractivity contribution in [2.24, 2.45) is 7.05 Å². The number of rotatable bonds is 6. The van der Waals surface area contributed by atoms with Crippen LogP contribution in [0, 0.1) is 4.77 Å². The summed E-state index contributed by atoms with van der Waals surface area (Å²) in [5.41, 5.74) is 0. The van der Waals surface area contributed by atoms with Crippen molar-refractivity contribution in [3.05, 3.63) is 10.6 Å². The molecule has 3 nitrogen and oxygen atoms in total. The van der Waals surface area contributed by atoms with Gasteiger partial charge in [-0.3, -0.25) is 5.10 Å². The Hall–Kier alpha value is -0.640. The number of nitrogens with one attached hydrogen (secondary N) is 1. The molecule has 0 fully saturated rings. The average Bonchev–Trinajstić information content (AvgIpc) is 2.49. The van der Waals surface area contributed by atoms with Crippen molar-refractivity contribution in [1.29, 1.82) is 0 Å². The number of nitrogens with zero attached hydrogens (tertiary/aromatic N) is 2. The molecule has 0 radical (unpaired) electrons. The highest BCUT2D eigenvalue weighted by Gasteiger charge is 2.00. The molecule has 1 aromatic heterocycles. The lowest BCUT2D eigenvalue weighted by Crippen LogP contribution is -1.97. The van der Waals surface area contributed by atoms with Crippen LogP contribution in [0.3, 0.4) is 0 Å². The number of aromatic amines is 1. The molecule has 0 saturated carbocycles. The molecule has 0 saturated heterocycles. The highest BCUT2D eigenvalue weighted by molar-refractivity contribution is 7.71. The summed E-state index contributed by atoms with van der Waals surface area (Å²) in [6.45, 7) is 2.23. The van der Waals surface area contributed by atoms with Gasteiger partial charge in [0.05, 0.1) is 0 Å². The van der Waals surface area contributed by atoms with Gasteiger partial charge in [-0.2, -0.15) is 5.10 Å². The highest BCUT2D eigenvalue weighted by atomic mass is 32.1. The Bertz CT molecular complexity index is 313. The van der Waals surface area contributed by atoms with E-state index in [4.69, 9.17) is 12.2 Å². The quantitative estimate of drug-likeness (QED) is 0.582. The van der Waals surface area contributed by atoms with E-state index in [1.807, 2.05) is 11.6 Å². The summed E-state index contributed by atoms with van der Waals surface area (Å²) in [6, 6.07) is 0. The molecule has 14 heavy (non-hydrogen) atoms. The molecule has 0 spiro atoms. The van der Waals surface area contributed by atoms with Crippen LogP contribution >= 0.6 is 12.2 Å². The van der Waals surface area contributed by atoms with Crippen molar-refractivity contribution in [2.75, 3.05) is 0 Å². The number of aromatic nitrogens is 3. The largest absolute Gasteiger partial charge is 0.307 e. The molecule has 0 aromatic carbocycles. The molecule has 0 aliphatic rings. The van der Waals surface area contributed by atoms with Gasteiger partial charge in [-0.1, -0.05) is 32.6 Å². The SMILES string of the molecule is CCCCCCCc1n[nH]c(=S)n1C. The summed E-state index contributed by atoms with van der Waals surface area (Å²) in [7, 11) is 1.97. The van der Waals surface area contributed by atoms with Crippen LogP contribution < -0.4 is 0 Å². The van der Waals surface area contributed by atoms with Crippen LogP contribution in [-0.2, 0) is 13.5 Å². The van der Waals surface area contributed by atoms with Crippen LogP contribution in [0.4, 0.5) is 0 Å². The van der Waals surface area contributed by atoms with E-state index in [0.717, 1.165) is 12.2 Å². The Labute approximate surface area is 90.5 Å². The number of H-pyrrole nitrogens is 1. The molecule has 0 amide bonds. The van der Waals surface area contributed by atoms with Crippen LogP contribution in [0.5, 0.6) is 0 Å². The van der Waals surface area contributed by atoms with Gasteiger partial charge in [-0.25, -0.2) is 0 Å². The van der Waals surface area contributed by atoms with Crippen LogP contribution in [0.25, 0.3) is 0 Å². The topological polar surface area (TPSA) is 33.6 Å². The van der Waals surface area contributed by atoms with Gasteiger partial charge in [0.25, 0.3) is 0 Å². The molecule has 1 heterocycles. The molecule has 1 rings (SSSR count). The molecule has 0 atom stereocenters. The molecular weight excluding hydrogens is 194 g/mol. The van der Waals surface area contributed by atoms with Gasteiger partial charge in [0.15, 0.2) is 4.77 Å². The van der Waals surface area contributed by atoms with Crippen molar-refractivity contribution in [1.82, 2.24) is 14.8 Å². The molecule has 0 aliphatic carbocycles. The van der Waals surface area contributed by atoms with Crippen molar-refractivity contribution >= 4 is 12.2 Å². The van der Waals surface area contributed by atoms with Gasteiger partial charge in [-0.15, -0.1) is 0 Å². The van der Waals surface area contributed by atoms with Crippen molar-refractivity contribution in [2.45, 2.75) is 45.4 Å². The smallest absolute Gasteiger partial charge is 0.194 e. The second-order valence-electron chi connectivity index (χ2n) is 3.67. The zero-order valence-corrected chi connectivity index (χ0v) is 9.86. The summed E-state index contributed by atoms with van der Waals surface area (Å²) in [5, 5.41) is 6.98. The Morgan fingerprint density at radius 1 is 1.29 bits per heavy atom. The molecule has 4 heteroatoms. The fraction of sp³-hybridized carbons (Fsp3) is 0.800. The van der Waals surface area contributed by atoms with Crippen LogP contribution in [0.15, 0.2) is 0 Å². The summed E-state index contributed by atoms with van der Waals surface area (Å²) in [6.07, 6.45) is 7.53. The third-order valence-electron chi connectivity index (χ3n) is 2.48. The lowest BCUT2D eigenvalue weighted by atomic mass is 10.1. The zero-order valence-electron chi connectivity index (χ0n) is 9.05. The minimum atomic E-state index is 0.716. The molecule has 1 N–H and O–H groups in total. The molecule has 0 unspecified atom stereocenters. The number of hydrogen-bond donors (Lipinski definition) is 1. The van der Waals surface area contributed by atoms with E-state index in [9.17, 15) is 0 Å². The summed E-state index contributed by atoms with van der Waals surface area (Å²) in [5.74, 6) is 1.08. The lowest BCUT2D eigenvalue weighted by molar-refractivity contribution is 0.613. The monoisotopic (exact) mass is 213 g/mol. The van der Waals surface area contributed by atoms with Crippen molar-refractivity contribution in [3.63, 3.8) is 0 Å². The minimum absolute atomic E-state index is 0.716. The summed E-state index contributed by atoms with van der Waals surface area (Å²) >= 11 is 5.04. The van der Waals surface area contributed by atoms with E-state index in [1.54, 1.807) is 0 Å². The van der Waals surface area contributed by atoms with E-state index in [2.05, 4.69) is 17.1 Å². The standard InChI is InChI=1S/C10H19N3S/c1-3-4-5-6-7-8-9-11-12-10(14)13(9)2/h3-8H2,1-2H3,(H,12,14). The van der Waals surface area contributed by atoms with E-state index in [1.165, 1.54) is 32.1 Å². The summed E-state index contributed by atoms with van der Waals surface area (Å²) in [4.78, 5) is 0. The third kappa shape index (κ3) is 3.25. The molecule has 1 aromatic rings. The van der Waals surface area contributed by atoms with Crippen LogP contribution in [0.1, 0.15) is 44.9 Å². The van der Waals surface area contributed by atoms with E-state index >= 15 is 0 Å². The molecule has 0 bridgehead atoms. The van der Waals surface area contributed by atoms with Gasteiger partial charge in [0, 0.05) is 13.5 Å². The Morgan fingerprint density at radius 3 is 2.57 bits per heavy atom. The predicted molar refractivity (Wildman–Crippen MR) is 60.9 cm³/mol. The first kappa shape index (κ1) is 11.4. The van der Waals surface area contributed by atoms with Crippen LogP contribution in [-0.4, -0.2) is 14.8 Å². The van der Waals surface area contributed by atoms with E-state index in [-0.39, 0.29) is 0 Å². The third-order valence-corrected chi connectivity index (χ3v) is 2.84. The van der Waals surface area contributed by atoms with Gasteiger partial charge in [0.2, 0.25) is 0 Å². The maximum Gasteiger partial charge on any atom is 0.194 e. The second-order valence-corrected chi connectivity index (χ2v) is 4.05. The van der Waals surface area contributed by atoms with Gasteiger partial charge >= 0.3 is 0 Å². The first-order chi connectivity index (χ1) is 6.75. The maximum atomic E-state index is 5.04. The van der Waals surface area contributed by atoms with Gasteiger partial charge in [-0.05, 0) is 18.6 Å². The first-order valence-corrected chi connectivity index (χ1v) is 5.76. The van der Waals surface area contributed by atoms with Crippen molar-refractivity contribution in [3.8, 4) is 0 Å². The Morgan fingerprint density at radius 2 is 2.00 bits per heavy atom. The number of unbranched alkanes of at least 4 members (excludes halogenated alkanes) is 4. The maximum absolute atomic E-state index is 5.04. The lowest BCUT2D eigenvalue weighted by Gasteiger charge is -2.00. The fourth-order valence-electron chi connectivity index (χ4n) is 1.49. The second kappa shape index (κ2) is 5.96. The number of hydrogen-bond acceptors (Lipinski definition) is 2. The molecule has 0 aliphatic heterocycles. The predicted octanol–water partition coefficient (Wildman–Crippen LogP) is 2.99. The summed E-state index contributed by atoms with van der Waals surface area (Å²) < 4.78 is 2.67. The average molecular weight is 213 g/mol. The Kier molecular flexibility index (Phi) is 4.87. The molecular formula is C10H19N3S. The number of aryl methyl sites for hydroxylation is 1. The normalized spacial score (nSPS) is 10.7. The van der Waals surface area contributed by atoms with Gasteiger partial charge in [0.1, 0.15) is 5.82 Å². The van der Waals surface area contributed by atoms with Crippen molar-refractivity contribution < 1.29 is 0 Å². The van der Waals surface area contributed by atoms with E-state index < -0.39 is 0 Å².